The molecule has 0 radical (unpaired) electrons. The molecular weight excluding hydrogens is 568 g/mol. The molecule has 0 spiro atoms. The highest BCUT2D eigenvalue weighted by atomic mass is 79.9. The van der Waals surface area contributed by atoms with Crippen LogP contribution in [0.5, 0.6) is 11.5 Å². The van der Waals surface area contributed by atoms with Gasteiger partial charge in [-0.2, -0.15) is 0 Å². The Morgan fingerprint density at radius 1 is 1.15 bits per heavy atom. The van der Waals surface area contributed by atoms with Crippen LogP contribution in [-0.4, -0.2) is 65.4 Å². The van der Waals surface area contributed by atoms with Crippen LogP contribution >= 0.6 is 17.0 Å². The van der Waals surface area contributed by atoms with E-state index in [-0.39, 0.29) is 66.3 Å². The van der Waals surface area contributed by atoms with E-state index in [2.05, 4.69) is 10.6 Å². The number of carboxylic acid groups (broad SMARTS) is 1. The summed E-state index contributed by atoms with van der Waals surface area (Å²) in [4.78, 5) is 38.3. The van der Waals surface area contributed by atoms with Gasteiger partial charge in [0.05, 0.1) is 25.1 Å². The number of hydrogen-bond acceptors (Lipinski definition) is 7. The molecule has 0 unspecified atom stereocenters. The first-order chi connectivity index (χ1) is 17.9. The van der Waals surface area contributed by atoms with Crippen LogP contribution in [0.15, 0.2) is 24.3 Å². The molecule has 0 fully saturated rings. The second-order valence-corrected chi connectivity index (χ2v) is 10.2. The van der Waals surface area contributed by atoms with E-state index in [1.807, 2.05) is 27.7 Å². The van der Waals surface area contributed by atoms with Crippen molar-refractivity contribution in [3.63, 3.8) is 0 Å². The summed E-state index contributed by atoms with van der Waals surface area (Å²) < 4.78 is 5.65. The first kappa shape index (κ1) is 31.8. The lowest BCUT2D eigenvalue weighted by Gasteiger charge is -2.24. The van der Waals surface area contributed by atoms with E-state index >= 15 is 0 Å². The predicted molar refractivity (Wildman–Crippen MR) is 154 cm³/mol. The smallest absolute Gasteiger partial charge is 0.304 e. The Morgan fingerprint density at radius 3 is 2.44 bits per heavy atom. The second-order valence-electron chi connectivity index (χ2n) is 10.2. The lowest BCUT2D eigenvalue weighted by atomic mass is 9.83. The number of ether oxygens (including phenoxy) is 1. The van der Waals surface area contributed by atoms with Crippen LogP contribution in [0.2, 0.25) is 0 Å². The Balaban J connectivity index is 0.00000533. The number of amidine groups is 1. The number of carboxylic acids is 1. The normalized spacial score (nSPS) is 12.5. The third-order valence-electron chi connectivity index (χ3n) is 6.39. The minimum absolute atomic E-state index is 0. The monoisotopic (exact) mass is 604 g/mol. The molecule has 0 aromatic heterocycles. The fourth-order valence-corrected chi connectivity index (χ4v) is 4.40. The van der Waals surface area contributed by atoms with E-state index < -0.39 is 11.4 Å². The molecule has 0 bridgehead atoms. The minimum atomic E-state index is -0.925. The largest absolute Gasteiger partial charge is 0.507 e. The van der Waals surface area contributed by atoms with Gasteiger partial charge in [0.15, 0.2) is 5.78 Å². The van der Waals surface area contributed by atoms with Gasteiger partial charge in [-0.1, -0.05) is 20.8 Å². The van der Waals surface area contributed by atoms with Gasteiger partial charge in [-0.15, -0.1) is 17.0 Å². The van der Waals surface area contributed by atoms with Crippen LogP contribution in [0.1, 0.15) is 77.1 Å². The van der Waals surface area contributed by atoms with Crippen molar-refractivity contribution in [2.75, 3.05) is 26.7 Å². The van der Waals surface area contributed by atoms with Crippen molar-refractivity contribution in [3.8, 4) is 11.5 Å². The number of fused-ring (bicyclic) bond motifs is 1. The number of hydrogen-bond donors (Lipinski definition) is 5. The number of rotatable bonds is 11. The van der Waals surface area contributed by atoms with Crippen molar-refractivity contribution in [2.24, 2.45) is 0 Å². The van der Waals surface area contributed by atoms with Gasteiger partial charge in [0.25, 0.3) is 5.91 Å². The first-order valence-corrected chi connectivity index (χ1v) is 12.5. The summed E-state index contributed by atoms with van der Waals surface area (Å²) in [5, 5.41) is 34.0. The molecule has 11 heteroatoms. The number of ketones is 1. The topological polar surface area (TPSA) is 152 Å². The number of nitrogens with one attached hydrogen (secondary N) is 3. The molecule has 0 aliphatic carbocycles. The van der Waals surface area contributed by atoms with Gasteiger partial charge >= 0.3 is 5.97 Å². The van der Waals surface area contributed by atoms with E-state index in [1.165, 1.54) is 7.05 Å². The van der Waals surface area contributed by atoms with Gasteiger partial charge in [0.2, 0.25) is 0 Å². The quantitative estimate of drug-likeness (QED) is 0.193. The summed E-state index contributed by atoms with van der Waals surface area (Å²) in [5.74, 6) is -0.820. The molecule has 0 saturated carbocycles. The van der Waals surface area contributed by atoms with Crippen LogP contribution in [0, 0.1) is 5.41 Å². The zero-order valence-corrected chi connectivity index (χ0v) is 24.6. The summed E-state index contributed by atoms with van der Waals surface area (Å²) in [6.45, 7) is 8.70. The number of amides is 1. The average molecular weight is 606 g/mol. The Morgan fingerprint density at radius 2 is 1.85 bits per heavy atom. The van der Waals surface area contributed by atoms with Gasteiger partial charge in [-0.3, -0.25) is 19.8 Å². The van der Waals surface area contributed by atoms with E-state index in [0.29, 0.717) is 46.7 Å². The van der Waals surface area contributed by atoms with Crippen molar-refractivity contribution < 1.29 is 29.3 Å². The van der Waals surface area contributed by atoms with E-state index in [0.717, 1.165) is 5.56 Å². The molecule has 5 N–H and O–H groups in total. The Kier molecular flexibility index (Phi) is 10.7. The maximum Gasteiger partial charge on any atom is 0.304 e. The second kappa shape index (κ2) is 13.1. The zero-order chi connectivity index (χ0) is 28.2. The lowest BCUT2D eigenvalue weighted by Crippen LogP contribution is -2.30. The van der Waals surface area contributed by atoms with Gasteiger partial charge in [0.1, 0.15) is 17.3 Å². The Hall–Kier alpha value is -3.44. The number of benzene rings is 2. The average Bonchev–Trinajstić information content (AvgIpc) is 3.14. The predicted octanol–water partition coefficient (Wildman–Crippen LogP) is 3.61. The molecule has 1 amide bonds. The highest BCUT2D eigenvalue weighted by Crippen LogP contribution is 2.35. The third-order valence-corrected chi connectivity index (χ3v) is 6.39. The SMILES string of the molecule is Br.CCOc1cc2c(cc1C(=O)NC)C(=N)N(CC(=O)c1cc(CNCCC(=O)O)c(O)c(C(C)(C)C)c1)C2. The fraction of sp³-hybridized carbons (Fsp3) is 0.429. The molecule has 1 aliphatic rings. The number of phenolic OH excluding ortho intramolecular Hbond substituents is 1. The number of carbonyl (C=O) groups excluding carboxylic acids is 2. The Labute approximate surface area is 239 Å². The van der Waals surface area contributed by atoms with Crippen molar-refractivity contribution in [3.05, 3.63) is 57.6 Å². The maximum atomic E-state index is 13.4. The molecule has 212 valence electrons. The van der Waals surface area contributed by atoms with Crippen molar-refractivity contribution in [1.82, 2.24) is 15.5 Å². The fourth-order valence-electron chi connectivity index (χ4n) is 4.40. The molecule has 2 aromatic carbocycles. The van der Waals surface area contributed by atoms with Gasteiger partial charge in [-0.05, 0) is 42.2 Å². The maximum absolute atomic E-state index is 13.4. The zero-order valence-electron chi connectivity index (χ0n) is 22.9. The highest BCUT2D eigenvalue weighted by molar-refractivity contribution is 8.93. The molecule has 2 aromatic rings. The number of aliphatic carboxylic acids is 1. The number of carbonyl (C=O) groups is 3. The minimum Gasteiger partial charge on any atom is -0.507 e. The van der Waals surface area contributed by atoms with Crippen LogP contribution in [0.25, 0.3) is 0 Å². The molecule has 0 atom stereocenters. The Bertz CT molecular complexity index is 1270. The van der Waals surface area contributed by atoms with Crippen molar-refractivity contribution in [2.45, 2.75) is 52.6 Å². The summed E-state index contributed by atoms with van der Waals surface area (Å²) in [6.07, 6.45) is -0.0597. The molecule has 3 rings (SSSR count). The number of phenols is 1. The van der Waals surface area contributed by atoms with Crippen LogP contribution in [0.3, 0.4) is 0 Å². The first-order valence-electron chi connectivity index (χ1n) is 12.5. The molecule has 10 nitrogen and oxygen atoms in total. The van der Waals surface area contributed by atoms with Crippen molar-refractivity contribution >= 4 is 40.5 Å². The molecule has 39 heavy (non-hydrogen) atoms. The van der Waals surface area contributed by atoms with Crippen molar-refractivity contribution in [1.29, 1.82) is 5.41 Å². The standard InChI is InChI=1S/C28H36N4O6.BrH/c1-6-38-23-11-18-14-32(26(29)19(18)12-20(23)27(37)30-5)15-22(33)16-9-17(13-31-8-7-24(34)35)25(36)21(10-16)28(2,3)4;/h9-12,29,31,36H,6-8,13-15H2,1-5H3,(H,30,37)(H,34,35);1H. The van der Waals surface area contributed by atoms with E-state index in [9.17, 15) is 19.5 Å². The summed E-state index contributed by atoms with van der Waals surface area (Å²) in [5.41, 5.74) is 2.76. The van der Waals surface area contributed by atoms with Crippen LogP contribution in [-0.2, 0) is 23.3 Å². The van der Waals surface area contributed by atoms with Crippen LogP contribution < -0.4 is 15.4 Å². The molecule has 0 saturated heterocycles. The number of halogens is 1. The third kappa shape index (κ3) is 7.36. The number of Topliss-reactive ketones (excluding diaryl/α,β-unsaturated/α-hetero) is 1. The summed E-state index contributed by atoms with van der Waals surface area (Å²) in [7, 11) is 1.53. The number of nitrogens with zero attached hydrogens (tertiary/aromatic N) is 1. The number of aromatic hydroxyl groups is 1. The van der Waals surface area contributed by atoms with Crippen LogP contribution in [0.4, 0.5) is 0 Å². The summed E-state index contributed by atoms with van der Waals surface area (Å²) in [6, 6.07) is 6.68. The molecule has 1 heterocycles. The lowest BCUT2D eigenvalue weighted by molar-refractivity contribution is -0.136. The van der Waals surface area contributed by atoms with Gasteiger partial charge in [-0.25, -0.2) is 0 Å². The van der Waals surface area contributed by atoms with Gasteiger partial charge < -0.3 is 30.5 Å². The van der Waals surface area contributed by atoms with E-state index in [4.69, 9.17) is 15.3 Å². The summed E-state index contributed by atoms with van der Waals surface area (Å²) >= 11 is 0. The van der Waals surface area contributed by atoms with E-state index in [1.54, 1.807) is 29.2 Å². The molecule has 1 aliphatic heterocycles. The van der Waals surface area contributed by atoms with Gasteiger partial charge in [0, 0.05) is 48.9 Å². The highest BCUT2D eigenvalue weighted by Gasteiger charge is 2.30. The molecular formula is C28H37BrN4O6.